The average Bonchev–Trinajstić information content (AvgIpc) is 2.35. The molecule has 1 heterocycles. The van der Waals surface area contributed by atoms with Crippen molar-refractivity contribution in [1.29, 1.82) is 0 Å². The van der Waals surface area contributed by atoms with E-state index in [1.54, 1.807) is 13.3 Å². The number of nitrogens with zero attached hydrogens (tertiary/aromatic N) is 1. The van der Waals surface area contributed by atoms with Crippen LogP contribution in [0.2, 0.25) is 18.1 Å². The fourth-order valence-corrected chi connectivity index (χ4v) is 2.86. The van der Waals surface area contributed by atoms with Gasteiger partial charge in [0.2, 0.25) is 0 Å². The quantitative estimate of drug-likeness (QED) is 0.759. The summed E-state index contributed by atoms with van der Waals surface area (Å²) < 4.78 is 12.0. The molecule has 0 N–H and O–H groups in total. The van der Waals surface area contributed by atoms with Gasteiger partial charge in [-0.3, -0.25) is 4.98 Å². The van der Waals surface area contributed by atoms with E-state index < -0.39 is 8.32 Å². The van der Waals surface area contributed by atoms with Crippen LogP contribution < -0.4 is 0 Å². The van der Waals surface area contributed by atoms with Gasteiger partial charge in [-0.1, -0.05) is 26.8 Å². The van der Waals surface area contributed by atoms with E-state index in [0.717, 1.165) is 5.69 Å². The van der Waals surface area contributed by atoms with Crippen molar-refractivity contribution < 1.29 is 9.16 Å². The van der Waals surface area contributed by atoms with Gasteiger partial charge in [0.1, 0.15) is 6.10 Å². The molecule has 4 heteroatoms. The average molecular weight is 281 g/mol. The second-order valence-corrected chi connectivity index (χ2v) is 11.3. The van der Waals surface area contributed by atoms with Crippen molar-refractivity contribution in [2.24, 2.45) is 0 Å². The number of hydrogen-bond donors (Lipinski definition) is 0. The van der Waals surface area contributed by atoms with Crippen LogP contribution >= 0.6 is 0 Å². The second-order valence-electron chi connectivity index (χ2n) is 6.49. The van der Waals surface area contributed by atoms with Crippen LogP contribution in [0.25, 0.3) is 0 Å². The van der Waals surface area contributed by atoms with Crippen LogP contribution in [0.1, 0.15) is 39.5 Å². The monoisotopic (exact) mass is 281 g/mol. The minimum atomic E-state index is -1.85. The maximum atomic E-state index is 6.49. The zero-order valence-corrected chi connectivity index (χ0v) is 14.2. The van der Waals surface area contributed by atoms with Crippen molar-refractivity contribution in [1.82, 2.24) is 4.98 Å². The third-order valence-electron chi connectivity index (χ3n) is 4.01. The number of aromatic nitrogens is 1. The number of ether oxygens (including phenoxy) is 1. The topological polar surface area (TPSA) is 31.4 Å². The number of rotatable bonds is 5. The molecule has 0 saturated heterocycles. The molecule has 0 radical (unpaired) electrons. The van der Waals surface area contributed by atoms with Crippen molar-refractivity contribution in [2.45, 2.75) is 58.0 Å². The van der Waals surface area contributed by atoms with Crippen molar-refractivity contribution in [3.63, 3.8) is 0 Å². The minimum absolute atomic E-state index is 0.0102. The molecular weight excluding hydrogens is 254 g/mol. The smallest absolute Gasteiger partial charge is 0.193 e. The maximum absolute atomic E-state index is 6.49. The Bertz CT molecular complexity index is 387. The van der Waals surface area contributed by atoms with Gasteiger partial charge >= 0.3 is 0 Å². The van der Waals surface area contributed by atoms with Crippen LogP contribution in [0.4, 0.5) is 0 Å². The molecule has 0 unspecified atom stereocenters. The van der Waals surface area contributed by atoms with Gasteiger partial charge in [0.05, 0.1) is 11.8 Å². The summed E-state index contributed by atoms with van der Waals surface area (Å²) in [6.07, 6.45) is 1.69. The van der Waals surface area contributed by atoms with Gasteiger partial charge in [0.15, 0.2) is 8.32 Å². The van der Waals surface area contributed by atoms with E-state index in [9.17, 15) is 0 Å². The van der Waals surface area contributed by atoms with Gasteiger partial charge in [0, 0.05) is 13.3 Å². The minimum Gasteiger partial charge on any atom is -0.406 e. The lowest BCUT2D eigenvalue weighted by Gasteiger charge is -2.40. The standard InChI is InChI=1S/C15H27NO2Si/c1-12(17-5)14(13-10-8-9-11-16-13)18-19(6,7)15(2,3)4/h8-12,14H,1-7H3/t12-,14-/m0/s1. The van der Waals surface area contributed by atoms with Gasteiger partial charge in [0.25, 0.3) is 0 Å². The summed E-state index contributed by atoms with van der Waals surface area (Å²) >= 11 is 0. The van der Waals surface area contributed by atoms with E-state index >= 15 is 0 Å². The summed E-state index contributed by atoms with van der Waals surface area (Å²) in [7, 11) is -0.132. The van der Waals surface area contributed by atoms with Crippen molar-refractivity contribution in [3.05, 3.63) is 30.1 Å². The molecular formula is C15H27NO2Si. The van der Waals surface area contributed by atoms with E-state index in [-0.39, 0.29) is 17.2 Å². The van der Waals surface area contributed by atoms with Crippen LogP contribution in [0.5, 0.6) is 0 Å². The summed E-state index contributed by atoms with van der Waals surface area (Å²) in [6, 6.07) is 5.92. The fraction of sp³-hybridized carbons (Fsp3) is 0.667. The summed E-state index contributed by atoms with van der Waals surface area (Å²) in [4.78, 5) is 4.43. The normalized spacial score (nSPS) is 16.2. The zero-order valence-electron chi connectivity index (χ0n) is 13.2. The maximum Gasteiger partial charge on any atom is 0.193 e. The largest absolute Gasteiger partial charge is 0.406 e. The molecule has 1 aromatic rings. The molecule has 0 amide bonds. The first kappa shape index (κ1) is 16.3. The molecule has 0 aliphatic carbocycles. The van der Waals surface area contributed by atoms with Crippen LogP contribution in [0.3, 0.4) is 0 Å². The van der Waals surface area contributed by atoms with Gasteiger partial charge in [-0.25, -0.2) is 0 Å². The Hall–Kier alpha value is -0.713. The summed E-state index contributed by atoms with van der Waals surface area (Å²) in [5.74, 6) is 0. The molecule has 108 valence electrons. The van der Waals surface area contributed by atoms with Crippen LogP contribution in [-0.2, 0) is 9.16 Å². The summed E-state index contributed by atoms with van der Waals surface area (Å²) in [5.41, 5.74) is 0.946. The van der Waals surface area contributed by atoms with Crippen LogP contribution in [0.15, 0.2) is 24.4 Å². The molecule has 0 saturated carbocycles. The first-order valence-corrected chi connectivity index (χ1v) is 9.71. The molecule has 0 aromatic carbocycles. The van der Waals surface area contributed by atoms with Gasteiger partial charge in [-0.15, -0.1) is 0 Å². The Morgan fingerprint density at radius 3 is 2.26 bits per heavy atom. The predicted molar refractivity (Wildman–Crippen MR) is 81.7 cm³/mol. The third kappa shape index (κ3) is 4.13. The molecule has 1 rings (SSSR count). The van der Waals surface area contributed by atoms with Crippen molar-refractivity contribution in [2.75, 3.05) is 7.11 Å². The van der Waals surface area contributed by atoms with E-state index in [1.807, 2.05) is 25.1 Å². The molecule has 3 nitrogen and oxygen atoms in total. The molecule has 0 fully saturated rings. The SMILES string of the molecule is CO[C@@H](C)[C@H](O[Si](C)(C)C(C)(C)C)c1ccccn1. The first-order valence-electron chi connectivity index (χ1n) is 6.80. The Kier molecular flexibility index (Phi) is 5.30. The van der Waals surface area contributed by atoms with E-state index in [2.05, 4.69) is 38.8 Å². The van der Waals surface area contributed by atoms with E-state index in [0.29, 0.717) is 0 Å². The fourth-order valence-electron chi connectivity index (χ4n) is 1.56. The highest BCUT2D eigenvalue weighted by molar-refractivity contribution is 6.74. The van der Waals surface area contributed by atoms with Crippen LogP contribution in [0, 0.1) is 0 Å². The molecule has 1 aromatic heterocycles. The Labute approximate surface area is 118 Å². The van der Waals surface area contributed by atoms with Gasteiger partial charge in [-0.2, -0.15) is 0 Å². The Balaban J connectivity index is 3.01. The highest BCUT2D eigenvalue weighted by atomic mass is 28.4. The molecule has 0 spiro atoms. The van der Waals surface area contributed by atoms with E-state index in [4.69, 9.17) is 9.16 Å². The highest BCUT2D eigenvalue weighted by Gasteiger charge is 2.40. The number of hydrogen-bond acceptors (Lipinski definition) is 3. The first-order chi connectivity index (χ1) is 8.69. The zero-order chi connectivity index (χ0) is 14.7. The Morgan fingerprint density at radius 1 is 1.21 bits per heavy atom. The third-order valence-corrected chi connectivity index (χ3v) is 8.46. The Morgan fingerprint density at radius 2 is 1.84 bits per heavy atom. The van der Waals surface area contributed by atoms with Crippen LogP contribution in [-0.4, -0.2) is 26.5 Å². The molecule has 0 bridgehead atoms. The molecule has 0 aliphatic heterocycles. The number of methoxy groups -OCH3 is 1. The lowest BCUT2D eigenvalue weighted by molar-refractivity contribution is 0.00347. The van der Waals surface area contributed by atoms with Gasteiger partial charge < -0.3 is 9.16 Å². The summed E-state index contributed by atoms with van der Waals surface area (Å²) in [5, 5.41) is 0.174. The predicted octanol–water partition coefficient (Wildman–Crippen LogP) is 4.18. The summed E-state index contributed by atoms with van der Waals surface area (Å²) in [6.45, 7) is 13.3. The van der Waals surface area contributed by atoms with Gasteiger partial charge in [-0.05, 0) is 37.2 Å². The lowest BCUT2D eigenvalue weighted by atomic mass is 10.1. The van der Waals surface area contributed by atoms with Crippen molar-refractivity contribution >= 4 is 8.32 Å². The molecule has 2 atom stereocenters. The second kappa shape index (κ2) is 6.16. The van der Waals surface area contributed by atoms with Crippen molar-refractivity contribution in [3.8, 4) is 0 Å². The highest BCUT2D eigenvalue weighted by Crippen LogP contribution is 2.40. The van der Waals surface area contributed by atoms with E-state index in [1.165, 1.54) is 0 Å². The lowest BCUT2D eigenvalue weighted by Crippen LogP contribution is -2.44. The molecule has 0 aliphatic rings. The molecule has 19 heavy (non-hydrogen) atoms. The number of pyridine rings is 1.